The van der Waals surface area contributed by atoms with E-state index in [1.165, 1.54) is 38.5 Å². The van der Waals surface area contributed by atoms with Gasteiger partial charge >= 0.3 is 0 Å². The van der Waals surface area contributed by atoms with Gasteiger partial charge in [-0.15, -0.1) is 0 Å². The first-order chi connectivity index (χ1) is 8.75. The van der Waals surface area contributed by atoms with E-state index < -0.39 is 0 Å². The van der Waals surface area contributed by atoms with E-state index >= 15 is 0 Å². The van der Waals surface area contributed by atoms with Crippen molar-refractivity contribution < 1.29 is 5.11 Å². The number of nitrogens with one attached hydrogen (secondary N) is 1. The highest BCUT2D eigenvalue weighted by atomic mass is 35.5. The van der Waals surface area contributed by atoms with Gasteiger partial charge in [0.2, 0.25) is 0 Å². The van der Waals surface area contributed by atoms with Gasteiger partial charge in [0.05, 0.1) is 5.02 Å². The molecule has 0 unspecified atom stereocenters. The molecule has 1 aromatic carbocycles. The molecule has 18 heavy (non-hydrogen) atoms. The molecule has 0 atom stereocenters. The third-order valence-corrected chi connectivity index (χ3v) is 3.40. The van der Waals surface area contributed by atoms with Crippen molar-refractivity contribution in [1.29, 1.82) is 0 Å². The van der Waals surface area contributed by atoms with E-state index in [-0.39, 0.29) is 5.75 Å². The maximum Gasteiger partial charge on any atom is 0.138 e. The predicted octanol–water partition coefficient (Wildman–Crippen LogP) is 4.50. The summed E-state index contributed by atoms with van der Waals surface area (Å²) in [6, 6.07) is 5.47. The molecular weight excluding hydrogens is 246 g/mol. The molecule has 0 radical (unpaired) electrons. The largest absolute Gasteiger partial charge is 0.506 e. The van der Waals surface area contributed by atoms with Gasteiger partial charge in [-0.3, -0.25) is 0 Å². The topological polar surface area (TPSA) is 32.3 Å². The van der Waals surface area contributed by atoms with Crippen LogP contribution in [0.15, 0.2) is 18.2 Å². The average molecular weight is 270 g/mol. The lowest BCUT2D eigenvalue weighted by Crippen LogP contribution is -2.14. The van der Waals surface area contributed by atoms with E-state index in [0.717, 1.165) is 12.1 Å². The third kappa shape index (κ3) is 5.74. The lowest BCUT2D eigenvalue weighted by molar-refractivity contribution is 0.464. The zero-order chi connectivity index (χ0) is 13.2. The molecule has 0 saturated heterocycles. The number of benzene rings is 1. The van der Waals surface area contributed by atoms with E-state index in [0.29, 0.717) is 11.6 Å². The first-order valence-electron chi connectivity index (χ1n) is 6.92. The lowest BCUT2D eigenvalue weighted by Gasteiger charge is -2.07. The van der Waals surface area contributed by atoms with Crippen molar-refractivity contribution >= 4 is 11.6 Å². The normalized spacial score (nSPS) is 10.8. The third-order valence-electron chi connectivity index (χ3n) is 3.09. The maximum absolute atomic E-state index is 9.73. The molecule has 0 amide bonds. The molecule has 2 nitrogen and oxygen atoms in total. The first kappa shape index (κ1) is 15.3. The minimum Gasteiger partial charge on any atom is -0.506 e. The lowest BCUT2D eigenvalue weighted by atomic mass is 10.1. The molecule has 0 aliphatic carbocycles. The molecule has 1 aromatic rings. The van der Waals surface area contributed by atoms with Crippen LogP contribution in [0.25, 0.3) is 0 Å². The van der Waals surface area contributed by atoms with Gasteiger partial charge in [0.25, 0.3) is 0 Å². The molecule has 2 N–H and O–H groups in total. The summed E-state index contributed by atoms with van der Waals surface area (Å²) in [7, 11) is 0. The fourth-order valence-electron chi connectivity index (χ4n) is 1.96. The van der Waals surface area contributed by atoms with E-state index in [1.54, 1.807) is 6.07 Å². The van der Waals surface area contributed by atoms with Gasteiger partial charge in [-0.25, -0.2) is 0 Å². The van der Waals surface area contributed by atoms with Crippen LogP contribution in [-0.2, 0) is 6.54 Å². The monoisotopic (exact) mass is 269 g/mol. The van der Waals surface area contributed by atoms with Crippen molar-refractivity contribution in [2.24, 2.45) is 0 Å². The van der Waals surface area contributed by atoms with Gasteiger partial charge < -0.3 is 10.4 Å². The van der Waals surface area contributed by atoms with Crippen LogP contribution in [0.4, 0.5) is 0 Å². The Kier molecular flexibility index (Phi) is 7.86. The molecule has 0 heterocycles. The van der Waals surface area contributed by atoms with E-state index in [2.05, 4.69) is 12.2 Å². The summed E-state index contributed by atoms with van der Waals surface area (Å²) < 4.78 is 0. The number of para-hydroxylation sites is 1. The number of unbranched alkanes of at least 4 members (excludes halogenated alkanes) is 5. The van der Waals surface area contributed by atoms with Crippen LogP contribution in [0.5, 0.6) is 5.75 Å². The molecule has 0 aromatic heterocycles. The first-order valence-corrected chi connectivity index (χ1v) is 7.30. The summed E-state index contributed by atoms with van der Waals surface area (Å²) in [4.78, 5) is 0. The van der Waals surface area contributed by atoms with Crippen LogP contribution >= 0.6 is 11.6 Å². The van der Waals surface area contributed by atoms with E-state index in [4.69, 9.17) is 11.6 Å². The Morgan fingerprint density at radius 1 is 1.11 bits per heavy atom. The quantitative estimate of drug-likeness (QED) is 0.647. The SMILES string of the molecule is CCCCCCCCNCc1cccc(Cl)c1O. The number of halogens is 1. The van der Waals surface area contributed by atoms with Crippen molar-refractivity contribution in [2.75, 3.05) is 6.54 Å². The molecule has 1 rings (SSSR count). The van der Waals surface area contributed by atoms with Gasteiger partial charge in [0.15, 0.2) is 0 Å². The van der Waals surface area contributed by atoms with Gasteiger partial charge in [-0.05, 0) is 19.0 Å². The Bertz CT molecular complexity index is 341. The van der Waals surface area contributed by atoms with Gasteiger partial charge in [0, 0.05) is 12.1 Å². The Hall–Kier alpha value is -0.730. The van der Waals surface area contributed by atoms with Crippen LogP contribution in [0, 0.1) is 0 Å². The maximum atomic E-state index is 9.73. The number of aromatic hydroxyl groups is 1. The Morgan fingerprint density at radius 2 is 1.83 bits per heavy atom. The second-order valence-electron chi connectivity index (χ2n) is 4.69. The Labute approximate surface area is 115 Å². The van der Waals surface area contributed by atoms with Crippen LogP contribution in [0.3, 0.4) is 0 Å². The molecular formula is C15H24ClNO. The molecule has 0 saturated carbocycles. The van der Waals surface area contributed by atoms with Crippen molar-refractivity contribution in [2.45, 2.75) is 52.0 Å². The summed E-state index contributed by atoms with van der Waals surface area (Å²) >= 11 is 5.85. The highest BCUT2D eigenvalue weighted by molar-refractivity contribution is 6.32. The van der Waals surface area contributed by atoms with Crippen LogP contribution in [0.1, 0.15) is 51.0 Å². The molecule has 102 valence electrons. The fraction of sp³-hybridized carbons (Fsp3) is 0.600. The average Bonchev–Trinajstić information content (AvgIpc) is 2.37. The van der Waals surface area contributed by atoms with Crippen LogP contribution in [-0.4, -0.2) is 11.7 Å². The fourth-order valence-corrected chi connectivity index (χ4v) is 2.15. The standard InChI is InChI=1S/C15H24ClNO/c1-2-3-4-5-6-7-11-17-12-13-9-8-10-14(16)15(13)18/h8-10,17-18H,2-7,11-12H2,1H3. The summed E-state index contributed by atoms with van der Waals surface area (Å²) in [5, 5.41) is 13.5. The van der Waals surface area contributed by atoms with Gasteiger partial charge in [-0.2, -0.15) is 0 Å². The van der Waals surface area contributed by atoms with Crippen LogP contribution < -0.4 is 5.32 Å². The van der Waals surface area contributed by atoms with E-state index in [9.17, 15) is 5.11 Å². The molecule has 0 fully saturated rings. The van der Waals surface area contributed by atoms with Crippen molar-refractivity contribution in [3.63, 3.8) is 0 Å². The molecule has 0 spiro atoms. The molecule has 3 heteroatoms. The summed E-state index contributed by atoms with van der Waals surface area (Å²) in [5.41, 5.74) is 0.869. The Balaban J connectivity index is 2.09. The van der Waals surface area contributed by atoms with Crippen molar-refractivity contribution in [1.82, 2.24) is 5.32 Å². The number of hydrogen-bond donors (Lipinski definition) is 2. The highest BCUT2D eigenvalue weighted by Crippen LogP contribution is 2.26. The summed E-state index contributed by atoms with van der Waals surface area (Å²) in [5.74, 6) is 0.203. The summed E-state index contributed by atoms with van der Waals surface area (Å²) in [6.45, 7) is 3.92. The number of rotatable bonds is 9. The zero-order valence-corrected chi connectivity index (χ0v) is 12.0. The molecule has 0 aliphatic rings. The van der Waals surface area contributed by atoms with E-state index in [1.807, 2.05) is 12.1 Å². The summed E-state index contributed by atoms with van der Waals surface area (Å²) in [6.07, 6.45) is 7.82. The zero-order valence-electron chi connectivity index (χ0n) is 11.2. The Morgan fingerprint density at radius 3 is 2.61 bits per heavy atom. The van der Waals surface area contributed by atoms with Crippen molar-refractivity contribution in [3.8, 4) is 5.75 Å². The number of hydrogen-bond acceptors (Lipinski definition) is 2. The van der Waals surface area contributed by atoms with Gasteiger partial charge in [0.1, 0.15) is 5.75 Å². The number of phenols is 1. The minimum atomic E-state index is 0.203. The highest BCUT2D eigenvalue weighted by Gasteiger charge is 2.03. The number of phenolic OH excluding ortho intramolecular Hbond substituents is 1. The predicted molar refractivity (Wildman–Crippen MR) is 78.2 cm³/mol. The van der Waals surface area contributed by atoms with Crippen molar-refractivity contribution in [3.05, 3.63) is 28.8 Å². The molecule has 0 aliphatic heterocycles. The minimum absolute atomic E-state index is 0.203. The van der Waals surface area contributed by atoms with Crippen LogP contribution in [0.2, 0.25) is 5.02 Å². The second kappa shape index (κ2) is 9.23. The second-order valence-corrected chi connectivity index (χ2v) is 5.10. The smallest absolute Gasteiger partial charge is 0.138 e. The molecule has 0 bridgehead atoms. The van der Waals surface area contributed by atoms with Gasteiger partial charge in [-0.1, -0.05) is 62.8 Å².